The quantitative estimate of drug-likeness (QED) is 0.434. The van der Waals surface area contributed by atoms with Crippen molar-refractivity contribution in [3.05, 3.63) is 118 Å². The summed E-state index contributed by atoms with van der Waals surface area (Å²) in [6.07, 6.45) is 7.83. The number of nitrogens with one attached hydrogen (secondary N) is 1. The second-order valence-electron chi connectivity index (χ2n) is 8.10. The van der Waals surface area contributed by atoms with Gasteiger partial charge in [-0.3, -0.25) is 14.5 Å². The number of aromatic nitrogens is 3. The van der Waals surface area contributed by atoms with E-state index in [1.807, 2.05) is 30.1 Å². The molecule has 0 spiro atoms. The van der Waals surface area contributed by atoms with Crippen molar-refractivity contribution in [1.29, 1.82) is 0 Å². The van der Waals surface area contributed by atoms with E-state index >= 15 is 0 Å². The summed E-state index contributed by atoms with van der Waals surface area (Å²) < 4.78 is 15.8. The third kappa shape index (κ3) is 5.90. The van der Waals surface area contributed by atoms with Gasteiger partial charge < -0.3 is 11.1 Å². The van der Waals surface area contributed by atoms with Gasteiger partial charge in [-0.05, 0) is 53.3 Å². The molecule has 6 nitrogen and oxygen atoms in total. The van der Waals surface area contributed by atoms with Crippen molar-refractivity contribution in [3.63, 3.8) is 0 Å². The van der Waals surface area contributed by atoms with Crippen molar-refractivity contribution in [2.45, 2.75) is 33.0 Å². The standard InChI is InChI=1S/C26H26FN5O/c1-18-12-31-32(16-18)17-20-4-2-19(3-5-20)8-22-9-24(15-29-13-22)26(33)30-14-21-6-7-23(11-28)25(27)10-21/h2-7,9-10,12-13,15-16H,8,11,14,17,28H2,1H3,(H,30,33). The van der Waals surface area contributed by atoms with Crippen LogP contribution >= 0.6 is 0 Å². The minimum absolute atomic E-state index is 0.143. The molecule has 3 N–H and O–H groups in total. The summed E-state index contributed by atoms with van der Waals surface area (Å²) in [7, 11) is 0. The van der Waals surface area contributed by atoms with Gasteiger partial charge in [-0.15, -0.1) is 0 Å². The van der Waals surface area contributed by atoms with Gasteiger partial charge >= 0.3 is 0 Å². The third-order valence-corrected chi connectivity index (χ3v) is 5.39. The van der Waals surface area contributed by atoms with Gasteiger partial charge in [0.25, 0.3) is 5.91 Å². The number of nitrogens with two attached hydrogens (primary N) is 1. The lowest BCUT2D eigenvalue weighted by Crippen LogP contribution is -2.23. The zero-order chi connectivity index (χ0) is 23.2. The maximum absolute atomic E-state index is 13.9. The molecule has 0 aliphatic rings. The van der Waals surface area contributed by atoms with Crippen LogP contribution in [-0.2, 0) is 26.1 Å². The van der Waals surface area contributed by atoms with Crippen LogP contribution in [0.25, 0.3) is 0 Å². The number of rotatable bonds is 8. The predicted molar refractivity (Wildman–Crippen MR) is 125 cm³/mol. The van der Waals surface area contributed by atoms with E-state index in [1.54, 1.807) is 18.3 Å². The van der Waals surface area contributed by atoms with E-state index in [4.69, 9.17) is 5.73 Å². The second kappa shape index (κ2) is 10.2. The lowest BCUT2D eigenvalue weighted by molar-refractivity contribution is 0.0950. The monoisotopic (exact) mass is 443 g/mol. The topological polar surface area (TPSA) is 85.8 Å². The molecule has 0 aliphatic heterocycles. The van der Waals surface area contributed by atoms with Crippen LogP contribution < -0.4 is 11.1 Å². The minimum atomic E-state index is -0.362. The van der Waals surface area contributed by atoms with Crippen LogP contribution in [0.5, 0.6) is 0 Å². The summed E-state index contributed by atoms with van der Waals surface area (Å²) in [6.45, 7) is 3.12. The smallest absolute Gasteiger partial charge is 0.253 e. The van der Waals surface area contributed by atoms with Crippen LogP contribution in [0.15, 0.2) is 73.3 Å². The van der Waals surface area contributed by atoms with Crippen molar-refractivity contribution < 1.29 is 9.18 Å². The molecule has 4 aromatic rings. The van der Waals surface area contributed by atoms with E-state index in [2.05, 4.69) is 39.7 Å². The molecule has 0 atom stereocenters. The van der Waals surface area contributed by atoms with Crippen molar-refractivity contribution >= 4 is 5.91 Å². The average Bonchev–Trinajstić information content (AvgIpc) is 3.23. The van der Waals surface area contributed by atoms with Gasteiger partial charge in [0.15, 0.2) is 0 Å². The molecule has 0 saturated heterocycles. The number of hydrogen-bond acceptors (Lipinski definition) is 4. The highest BCUT2D eigenvalue weighted by Gasteiger charge is 2.09. The largest absolute Gasteiger partial charge is 0.348 e. The van der Waals surface area contributed by atoms with Crippen molar-refractivity contribution in [2.24, 2.45) is 5.73 Å². The molecule has 168 valence electrons. The highest BCUT2D eigenvalue weighted by atomic mass is 19.1. The van der Waals surface area contributed by atoms with Crippen molar-refractivity contribution in [1.82, 2.24) is 20.1 Å². The number of aryl methyl sites for hydroxylation is 1. The first-order valence-electron chi connectivity index (χ1n) is 10.8. The molecule has 7 heteroatoms. The van der Waals surface area contributed by atoms with Gasteiger partial charge in [-0.2, -0.15) is 5.10 Å². The van der Waals surface area contributed by atoms with Crippen LogP contribution in [0.1, 0.15) is 43.7 Å². The van der Waals surface area contributed by atoms with E-state index in [-0.39, 0.29) is 24.8 Å². The van der Waals surface area contributed by atoms with E-state index in [0.29, 0.717) is 23.1 Å². The number of carbonyl (C=O) groups is 1. The summed E-state index contributed by atoms with van der Waals surface area (Å²) in [6, 6.07) is 15.0. The van der Waals surface area contributed by atoms with Gasteiger partial charge in [0.2, 0.25) is 0 Å². The van der Waals surface area contributed by atoms with Crippen molar-refractivity contribution in [2.75, 3.05) is 0 Å². The molecule has 2 aromatic carbocycles. The molecule has 2 aromatic heterocycles. The molecule has 0 aliphatic carbocycles. The maximum Gasteiger partial charge on any atom is 0.253 e. The van der Waals surface area contributed by atoms with Crippen LogP contribution in [0.2, 0.25) is 0 Å². The number of pyridine rings is 1. The number of hydrogen-bond donors (Lipinski definition) is 2. The van der Waals surface area contributed by atoms with Crippen LogP contribution in [0.4, 0.5) is 4.39 Å². The third-order valence-electron chi connectivity index (χ3n) is 5.39. The zero-order valence-electron chi connectivity index (χ0n) is 18.5. The Labute approximate surface area is 192 Å². The van der Waals surface area contributed by atoms with Crippen LogP contribution in [0.3, 0.4) is 0 Å². The van der Waals surface area contributed by atoms with E-state index in [1.165, 1.54) is 17.8 Å². The molecular weight excluding hydrogens is 417 g/mol. The predicted octanol–water partition coefficient (Wildman–Crippen LogP) is 3.75. The Balaban J connectivity index is 1.36. The second-order valence-corrected chi connectivity index (χ2v) is 8.10. The van der Waals surface area contributed by atoms with Gasteiger partial charge in [0, 0.05) is 37.2 Å². The van der Waals surface area contributed by atoms with Gasteiger partial charge in [0.05, 0.1) is 18.3 Å². The normalized spacial score (nSPS) is 10.9. The lowest BCUT2D eigenvalue weighted by Gasteiger charge is -2.09. The minimum Gasteiger partial charge on any atom is -0.348 e. The number of carbonyl (C=O) groups excluding carboxylic acids is 1. The number of amides is 1. The molecular formula is C26H26FN5O. The first-order chi connectivity index (χ1) is 16.0. The van der Waals surface area contributed by atoms with Crippen LogP contribution in [0, 0.1) is 12.7 Å². The summed E-state index contributed by atoms with van der Waals surface area (Å²) in [4.78, 5) is 16.8. The van der Waals surface area contributed by atoms with E-state index in [9.17, 15) is 9.18 Å². The molecule has 33 heavy (non-hydrogen) atoms. The number of halogens is 1. The Morgan fingerprint density at radius 2 is 1.76 bits per heavy atom. The fraction of sp³-hybridized carbons (Fsp3) is 0.192. The Hall–Kier alpha value is -3.84. The zero-order valence-corrected chi connectivity index (χ0v) is 18.5. The summed E-state index contributed by atoms with van der Waals surface area (Å²) in [5.74, 6) is -0.615. The summed E-state index contributed by atoms with van der Waals surface area (Å²) >= 11 is 0. The summed E-state index contributed by atoms with van der Waals surface area (Å²) in [5, 5.41) is 7.14. The molecule has 1 amide bonds. The number of benzene rings is 2. The highest BCUT2D eigenvalue weighted by molar-refractivity contribution is 5.94. The van der Waals surface area contributed by atoms with Gasteiger partial charge in [-0.1, -0.05) is 36.4 Å². The van der Waals surface area contributed by atoms with Crippen molar-refractivity contribution in [3.8, 4) is 0 Å². The van der Waals surface area contributed by atoms with Gasteiger partial charge in [0.1, 0.15) is 5.82 Å². The molecule has 0 radical (unpaired) electrons. The van der Waals surface area contributed by atoms with E-state index < -0.39 is 0 Å². The fourth-order valence-electron chi connectivity index (χ4n) is 3.60. The Morgan fingerprint density at radius 3 is 2.45 bits per heavy atom. The molecule has 2 heterocycles. The van der Waals surface area contributed by atoms with Gasteiger partial charge in [-0.25, -0.2) is 4.39 Å². The number of nitrogens with zero attached hydrogens (tertiary/aromatic N) is 3. The maximum atomic E-state index is 13.9. The Kier molecular flexibility index (Phi) is 6.90. The van der Waals surface area contributed by atoms with Crippen LogP contribution in [-0.4, -0.2) is 20.7 Å². The molecule has 0 saturated carbocycles. The molecule has 0 fully saturated rings. The molecule has 0 bridgehead atoms. The highest BCUT2D eigenvalue weighted by Crippen LogP contribution is 2.14. The molecule has 4 rings (SSSR count). The lowest BCUT2D eigenvalue weighted by atomic mass is 10.0. The first-order valence-corrected chi connectivity index (χ1v) is 10.8. The van der Waals surface area contributed by atoms with E-state index in [0.717, 1.165) is 23.2 Å². The average molecular weight is 444 g/mol. The Morgan fingerprint density at radius 1 is 1.00 bits per heavy atom. The fourth-order valence-corrected chi connectivity index (χ4v) is 3.60. The first kappa shape index (κ1) is 22.4. The Bertz CT molecular complexity index is 1250. The molecule has 0 unspecified atom stereocenters. The summed E-state index contributed by atoms with van der Waals surface area (Å²) in [5.41, 5.74) is 11.5. The SMILES string of the molecule is Cc1cnn(Cc2ccc(Cc3cncc(C(=O)NCc4ccc(CN)c(F)c4)c3)cc2)c1.